The summed E-state index contributed by atoms with van der Waals surface area (Å²) in [5.74, 6) is 0.932. The van der Waals surface area contributed by atoms with Gasteiger partial charge in [0.1, 0.15) is 11.6 Å². The summed E-state index contributed by atoms with van der Waals surface area (Å²) in [7, 11) is 1.80. The molecule has 2 aromatic rings. The summed E-state index contributed by atoms with van der Waals surface area (Å²) in [6.07, 6.45) is 2.58. The molecule has 1 saturated heterocycles. The molecule has 0 bridgehead atoms. The number of nitrogens with one attached hydrogen (secondary N) is 1. The highest BCUT2D eigenvalue weighted by Gasteiger charge is 2.30. The van der Waals surface area contributed by atoms with Gasteiger partial charge in [0, 0.05) is 51.0 Å². The van der Waals surface area contributed by atoms with Gasteiger partial charge in [0.15, 0.2) is 0 Å². The highest BCUT2D eigenvalue weighted by Crippen LogP contribution is 2.22. The SMILES string of the molecule is CNc1cc(C(=O)N2CCCN(Cc3ccc(F)cc3)[C@@H](C(C)C)C2)ccn1. The van der Waals surface area contributed by atoms with Crippen molar-refractivity contribution >= 4 is 11.7 Å². The van der Waals surface area contributed by atoms with Gasteiger partial charge in [-0.2, -0.15) is 0 Å². The van der Waals surface area contributed by atoms with E-state index in [2.05, 4.69) is 29.0 Å². The Morgan fingerprint density at radius 2 is 2.00 bits per heavy atom. The minimum absolute atomic E-state index is 0.0492. The number of anilines is 1. The van der Waals surface area contributed by atoms with E-state index in [1.54, 1.807) is 25.4 Å². The molecule has 0 spiro atoms. The number of pyridine rings is 1. The second-order valence-electron chi connectivity index (χ2n) is 7.69. The van der Waals surface area contributed by atoms with Gasteiger partial charge in [-0.15, -0.1) is 0 Å². The molecule has 0 saturated carbocycles. The fourth-order valence-electron chi connectivity index (χ4n) is 3.78. The summed E-state index contributed by atoms with van der Waals surface area (Å²) in [4.78, 5) is 21.7. The van der Waals surface area contributed by atoms with Crippen molar-refractivity contribution in [1.82, 2.24) is 14.8 Å². The predicted octanol–water partition coefficient (Wildman–Crippen LogP) is 3.64. The Hall–Kier alpha value is -2.47. The second-order valence-corrected chi connectivity index (χ2v) is 7.69. The molecule has 28 heavy (non-hydrogen) atoms. The molecule has 150 valence electrons. The maximum Gasteiger partial charge on any atom is 0.254 e. The van der Waals surface area contributed by atoms with Gasteiger partial charge >= 0.3 is 0 Å². The number of carbonyl (C=O) groups excluding carboxylic acids is 1. The first-order valence-corrected chi connectivity index (χ1v) is 9.89. The van der Waals surface area contributed by atoms with E-state index in [0.29, 0.717) is 23.8 Å². The van der Waals surface area contributed by atoms with E-state index in [0.717, 1.165) is 31.6 Å². The second kappa shape index (κ2) is 9.15. The van der Waals surface area contributed by atoms with Crippen molar-refractivity contribution in [2.24, 2.45) is 5.92 Å². The van der Waals surface area contributed by atoms with Crippen LogP contribution in [0.2, 0.25) is 0 Å². The van der Waals surface area contributed by atoms with Crippen molar-refractivity contribution in [3.05, 3.63) is 59.5 Å². The van der Waals surface area contributed by atoms with E-state index >= 15 is 0 Å². The number of aromatic nitrogens is 1. The molecule has 6 heteroatoms. The number of amides is 1. The molecule has 3 rings (SSSR count). The summed E-state index contributed by atoms with van der Waals surface area (Å²) in [6.45, 7) is 7.50. The third-order valence-electron chi connectivity index (χ3n) is 5.37. The zero-order valence-electron chi connectivity index (χ0n) is 16.9. The number of carbonyl (C=O) groups is 1. The molecule has 1 aromatic carbocycles. The molecule has 0 radical (unpaired) electrons. The van der Waals surface area contributed by atoms with E-state index in [-0.39, 0.29) is 17.8 Å². The lowest BCUT2D eigenvalue weighted by Crippen LogP contribution is -2.45. The molecule has 1 N–H and O–H groups in total. The number of hydrogen-bond donors (Lipinski definition) is 1. The fourth-order valence-corrected chi connectivity index (χ4v) is 3.78. The van der Waals surface area contributed by atoms with Gasteiger partial charge in [0.05, 0.1) is 0 Å². The normalized spacial score (nSPS) is 18.2. The van der Waals surface area contributed by atoms with Crippen molar-refractivity contribution < 1.29 is 9.18 Å². The molecule has 1 atom stereocenters. The maximum atomic E-state index is 13.2. The number of nitrogens with zero attached hydrogens (tertiary/aromatic N) is 3. The Labute approximate surface area is 166 Å². The summed E-state index contributed by atoms with van der Waals surface area (Å²) >= 11 is 0. The van der Waals surface area contributed by atoms with E-state index in [1.165, 1.54) is 12.1 Å². The molecule has 5 nitrogen and oxygen atoms in total. The Morgan fingerprint density at radius 3 is 2.68 bits per heavy atom. The van der Waals surface area contributed by atoms with E-state index in [1.807, 2.05) is 17.0 Å². The Balaban J connectivity index is 1.76. The maximum absolute atomic E-state index is 13.2. The van der Waals surface area contributed by atoms with Crippen LogP contribution in [0.15, 0.2) is 42.6 Å². The molecule has 0 unspecified atom stereocenters. The molecule has 0 aliphatic carbocycles. The average molecular weight is 384 g/mol. The van der Waals surface area contributed by atoms with E-state index in [4.69, 9.17) is 0 Å². The van der Waals surface area contributed by atoms with Crippen LogP contribution in [-0.4, -0.2) is 53.4 Å². The Bertz CT molecular complexity index is 793. The van der Waals surface area contributed by atoms with Crippen LogP contribution in [0.5, 0.6) is 0 Å². The van der Waals surface area contributed by atoms with Crippen LogP contribution in [-0.2, 0) is 6.54 Å². The summed E-state index contributed by atoms with van der Waals surface area (Å²) in [6, 6.07) is 10.5. The van der Waals surface area contributed by atoms with E-state index in [9.17, 15) is 9.18 Å². The van der Waals surface area contributed by atoms with Crippen molar-refractivity contribution in [3.8, 4) is 0 Å². The third-order valence-corrected chi connectivity index (χ3v) is 5.37. The summed E-state index contributed by atoms with van der Waals surface area (Å²) in [5.41, 5.74) is 1.76. The zero-order chi connectivity index (χ0) is 20.1. The third kappa shape index (κ3) is 4.87. The lowest BCUT2D eigenvalue weighted by Gasteiger charge is -2.34. The van der Waals surface area contributed by atoms with Crippen LogP contribution in [0.4, 0.5) is 10.2 Å². The smallest absolute Gasteiger partial charge is 0.254 e. The van der Waals surface area contributed by atoms with Gasteiger partial charge in [-0.25, -0.2) is 9.37 Å². The zero-order valence-corrected chi connectivity index (χ0v) is 16.9. The Morgan fingerprint density at radius 1 is 1.25 bits per heavy atom. The summed E-state index contributed by atoms with van der Waals surface area (Å²) < 4.78 is 13.2. The fraction of sp³-hybridized carbons (Fsp3) is 0.455. The van der Waals surface area contributed by atoms with Crippen LogP contribution in [0.1, 0.15) is 36.2 Å². The van der Waals surface area contributed by atoms with Crippen molar-refractivity contribution in [2.45, 2.75) is 32.9 Å². The first-order valence-electron chi connectivity index (χ1n) is 9.89. The van der Waals surface area contributed by atoms with Gasteiger partial charge in [0.2, 0.25) is 0 Å². The van der Waals surface area contributed by atoms with Crippen LogP contribution < -0.4 is 5.32 Å². The molecule has 1 fully saturated rings. The van der Waals surface area contributed by atoms with Crippen molar-refractivity contribution in [1.29, 1.82) is 0 Å². The highest BCUT2D eigenvalue weighted by molar-refractivity contribution is 5.94. The van der Waals surface area contributed by atoms with Crippen LogP contribution in [0.25, 0.3) is 0 Å². The van der Waals surface area contributed by atoms with Crippen LogP contribution in [0, 0.1) is 11.7 Å². The van der Waals surface area contributed by atoms with Gasteiger partial charge in [0.25, 0.3) is 5.91 Å². The number of hydrogen-bond acceptors (Lipinski definition) is 4. The minimum atomic E-state index is -0.213. The average Bonchev–Trinajstić information content (AvgIpc) is 2.92. The molecular weight excluding hydrogens is 355 g/mol. The summed E-state index contributed by atoms with van der Waals surface area (Å²) in [5, 5.41) is 2.99. The minimum Gasteiger partial charge on any atom is -0.373 e. The first kappa shape index (κ1) is 20.3. The van der Waals surface area contributed by atoms with E-state index < -0.39 is 0 Å². The number of rotatable bonds is 5. The molecule has 2 heterocycles. The van der Waals surface area contributed by atoms with Crippen LogP contribution in [0.3, 0.4) is 0 Å². The highest BCUT2D eigenvalue weighted by atomic mass is 19.1. The van der Waals surface area contributed by atoms with Gasteiger partial charge in [-0.05, 0) is 42.2 Å². The monoisotopic (exact) mass is 384 g/mol. The molecule has 1 aliphatic heterocycles. The van der Waals surface area contributed by atoms with Gasteiger partial charge in [-0.1, -0.05) is 26.0 Å². The predicted molar refractivity (Wildman–Crippen MR) is 110 cm³/mol. The van der Waals surface area contributed by atoms with Crippen LogP contribution >= 0.6 is 0 Å². The van der Waals surface area contributed by atoms with Crippen molar-refractivity contribution in [2.75, 3.05) is 32.0 Å². The van der Waals surface area contributed by atoms with Gasteiger partial charge < -0.3 is 10.2 Å². The number of halogens is 1. The molecular formula is C22H29FN4O. The lowest BCUT2D eigenvalue weighted by molar-refractivity contribution is 0.0702. The quantitative estimate of drug-likeness (QED) is 0.855. The standard InChI is InChI=1S/C22H29FN4O/c1-16(2)20-15-27(22(28)18-9-10-25-21(13-18)24-3)12-4-11-26(20)14-17-5-7-19(23)8-6-17/h5-10,13,16,20H,4,11-12,14-15H2,1-3H3,(H,24,25)/t20-/m1/s1. The molecule has 1 aliphatic rings. The van der Waals surface area contributed by atoms with Gasteiger partial charge in [-0.3, -0.25) is 9.69 Å². The number of benzene rings is 1. The topological polar surface area (TPSA) is 48.5 Å². The first-order chi connectivity index (χ1) is 13.5. The Kier molecular flexibility index (Phi) is 6.62. The van der Waals surface area contributed by atoms with Crippen molar-refractivity contribution in [3.63, 3.8) is 0 Å². The molecule has 1 amide bonds. The largest absolute Gasteiger partial charge is 0.373 e. The molecule has 1 aromatic heterocycles. The lowest BCUT2D eigenvalue weighted by atomic mass is 10.0.